The van der Waals surface area contributed by atoms with E-state index >= 15 is 0 Å². The molecule has 1 aliphatic carbocycles. The SMILES string of the molecule is C[C@]1(c2ccccc2)C[C@@H]1C#CCS(=O)(=O)c1ccccc1. The molecule has 0 bridgehead atoms. The number of sulfone groups is 1. The minimum Gasteiger partial charge on any atom is -0.223 e. The van der Waals surface area contributed by atoms with E-state index in [9.17, 15) is 8.42 Å². The Hall–Kier alpha value is -2.05. The molecule has 0 amide bonds. The zero-order valence-corrected chi connectivity index (χ0v) is 13.3. The van der Waals surface area contributed by atoms with Crippen LogP contribution in [0.1, 0.15) is 18.9 Å². The Kier molecular flexibility index (Phi) is 3.80. The first-order valence-corrected chi connectivity index (χ1v) is 8.99. The van der Waals surface area contributed by atoms with Crippen LogP contribution in [0.2, 0.25) is 0 Å². The van der Waals surface area contributed by atoms with Crippen molar-refractivity contribution in [3.05, 3.63) is 66.2 Å². The molecule has 2 atom stereocenters. The lowest BCUT2D eigenvalue weighted by Crippen LogP contribution is -2.05. The molecule has 22 heavy (non-hydrogen) atoms. The van der Waals surface area contributed by atoms with Crippen LogP contribution in [0.5, 0.6) is 0 Å². The fraction of sp³-hybridized carbons (Fsp3) is 0.263. The van der Waals surface area contributed by atoms with Crippen molar-refractivity contribution in [2.45, 2.75) is 23.7 Å². The molecule has 112 valence electrons. The maximum Gasteiger partial charge on any atom is 0.189 e. The van der Waals surface area contributed by atoms with E-state index in [0.29, 0.717) is 4.90 Å². The second-order valence-corrected chi connectivity index (χ2v) is 7.92. The first kappa shape index (κ1) is 14.9. The molecule has 0 aromatic heterocycles. The topological polar surface area (TPSA) is 34.1 Å². The van der Waals surface area contributed by atoms with Crippen LogP contribution in [-0.4, -0.2) is 14.2 Å². The van der Waals surface area contributed by atoms with Crippen molar-refractivity contribution < 1.29 is 8.42 Å². The van der Waals surface area contributed by atoms with Gasteiger partial charge >= 0.3 is 0 Å². The predicted molar refractivity (Wildman–Crippen MR) is 88.2 cm³/mol. The molecule has 0 radical (unpaired) electrons. The van der Waals surface area contributed by atoms with Crippen molar-refractivity contribution in [3.63, 3.8) is 0 Å². The summed E-state index contributed by atoms with van der Waals surface area (Å²) < 4.78 is 24.3. The molecule has 0 N–H and O–H groups in total. The third kappa shape index (κ3) is 2.93. The van der Waals surface area contributed by atoms with E-state index in [2.05, 4.69) is 30.9 Å². The van der Waals surface area contributed by atoms with Gasteiger partial charge in [-0.1, -0.05) is 67.3 Å². The lowest BCUT2D eigenvalue weighted by molar-refractivity contribution is 0.599. The molecule has 2 aromatic carbocycles. The maximum absolute atomic E-state index is 12.2. The molecule has 2 aromatic rings. The van der Waals surface area contributed by atoms with Crippen LogP contribution in [0.3, 0.4) is 0 Å². The molecule has 0 unspecified atom stereocenters. The number of benzene rings is 2. The largest absolute Gasteiger partial charge is 0.223 e. The van der Waals surface area contributed by atoms with Gasteiger partial charge in [-0.05, 0) is 24.1 Å². The van der Waals surface area contributed by atoms with E-state index in [4.69, 9.17) is 0 Å². The van der Waals surface area contributed by atoms with Gasteiger partial charge in [-0.15, -0.1) is 0 Å². The van der Waals surface area contributed by atoms with Crippen molar-refractivity contribution in [2.24, 2.45) is 5.92 Å². The van der Waals surface area contributed by atoms with Gasteiger partial charge in [0, 0.05) is 11.3 Å². The van der Waals surface area contributed by atoms with E-state index in [1.54, 1.807) is 30.3 Å². The molecule has 1 aliphatic rings. The molecular formula is C19H18O2S. The highest BCUT2D eigenvalue weighted by molar-refractivity contribution is 7.91. The Balaban J connectivity index is 1.69. The molecule has 1 fully saturated rings. The first-order chi connectivity index (χ1) is 10.5. The van der Waals surface area contributed by atoms with Crippen LogP contribution >= 0.6 is 0 Å². The minimum absolute atomic E-state index is 0.0742. The van der Waals surface area contributed by atoms with Crippen molar-refractivity contribution in [1.82, 2.24) is 0 Å². The first-order valence-electron chi connectivity index (χ1n) is 7.34. The van der Waals surface area contributed by atoms with Gasteiger partial charge in [0.05, 0.1) is 4.90 Å². The highest BCUT2D eigenvalue weighted by atomic mass is 32.2. The lowest BCUT2D eigenvalue weighted by Gasteiger charge is -2.08. The van der Waals surface area contributed by atoms with Gasteiger partial charge in [0.15, 0.2) is 9.84 Å². The van der Waals surface area contributed by atoms with Crippen LogP contribution in [0.25, 0.3) is 0 Å². The standard InChI is InChI=1S/C19H18O2S/c1-19(16-9-4-2-5-10-16)15-17(19)11-8-14-22(20,21)18-12-6-3-7-13-18/h2-7,9-10,12-13,17H,14-15H2,1H3/t17-,19+/m0/s1. The molecular weight excluding hydrogens is 292 g/mol. The van der Waals surface area contributed by atoms with Crippen molar-refractivity contribution in [3.8, 4) is 11.8 Å². The summed E-state index contributed by atoms with van der Waals surface area (Å²) in [6.45, 7) is 2.19. The molecule has 0 heterocycles. The monoisotopic (exact) mass is 310 g/mol. The summed E-state index contributed by atoms with van der Waals surface area (Å²) in [7, 11) is -3.30. The van der Waals surface area contributed by atoms with Gasteiger partial charge in [0.2, 0.25) is 0 Å². The van der Waals surface area contributed by atoms with E-state index < -0.39 is 9.84 Å². The summed E-state index contributed by atoms with van der Waals surface area (Å²) in [5.74, 6) is 6.15. The Labute approximate surface area is 132 Å². The molecule has 3 rings (SSSR count). The molecule has 0 saturated heterocycles. The van der Waals surface area contributed by atoms with Crippen molar-refractivity contribution in [1.29, 1.82) is 0 Å². The number of hydrogen-bond acceptors (Lipinski definition) is 2. The average molecular weight is 310 g/mol. The Morgan fingerprint density at radius 3 is 2.27 bits per heavy atom. The summed E-state index contributed by atoms with van der Waals surface area (Å²) >= 11 is 0. The van der Waals surface area contributed by atoms with Gasteiger partial charge in [-0.3, -0.25) is 0 Å². The quantitative estimate of drug-likeness (QED) is 0.814. The molecule has 0 spiro atoms. The molecule has 1 saturated carbocycles. The minimum atomic E-state index is -3.30. The van der Waals surface area contributed by atoms with Gasteiger partial charge in [-0.25, -0.2) is 8.42 Å². The maximum atomic E-state index is 12.2. The highest BCUT2D eigenvalue weighted by Gasteiger charge is 2.50. The van der Waals surface area contributed by atoms with Crippen molar-refractivity contribution in [2.75, 3.05) is 5.75 Å². The van der Waals surface area contributed by atoms with Crippen LogP contribution in [0.15, 0.2) is 65.6 Å². The number of hydrogen-bond donors (Lipinski definition) is 0. The third-order valence-corrected chi connectivity index (χ3v) is 5.83. The normalized spacial score (nSPS) is 23.4. The predicted octanol–water partition coefficient (Wildman–Crippen LogP) is 3.44. The van der Waals surface area contributed by atoms with Gasteiger partial charge in [0.25, 0.3) is 0 Å². The summed E-state index contributed by atoms with van der Waals surface area (Å²) in [5.41, 5.74) is 1.35. The van der Waals surface area contributed by atoms with Gasteiger partial charge < -0.3 is 0 Å². The van der Waals surface area contributed by atoms with Gasteiger partial charge in [-0.2, -0.15) is 0 Å². The summed E-state index contributed by atoms with van der Waals surface area (Å²) in [4.78, 5) is 0.339. The Bertz CT molecular complexity index is 814. The fourth-order valence-electron chi connectivity index (χ4n) is 2.68. The zero-order chi connectivity index (χ0) is 15.6. The van der Waals surface area contributed by atoms with Crippen LogP contribution in [0, 0.1) is 17.8 Å². The van der Waals surface area contributed by atoms with E-state index in [0.717, 1.165) is 6.42 Å². The van der Waals surface area contributed by atoms with Crippen molar-refractivity contribution >= 4 is 9.84 Å². The van der Waals surface area contributed by atoms with E-state index in [1.807, 2.05) is 18.2 Å². The lowest BCUT2D eigenvalue weighted by atomic mass is 9.96. The molecule has 0 aliphatic heterocycles. The van der Waals surface area contributed by atoms with E-state index in [1.165, 1.54) is 5.56 Å². The van der Waals surface area contributed by atoms with Gasteiger partial charge in [0.1, 0.15) is 5.75 Å². The smallest absolute Gasteiger partial charge is 0.189 e. The molecule has 2 nitrogen and oxygen atoms in total. The Morgan fingerprint density at radius 1 is 1.05 bits per heavy atom. The summed E-state index contributed by atoms with van der Waals surface area (Å²) in [6.07, 6.45) is 0.995. The second-order valence-electron chi connectivity index (χ2n) is 5.93. The Morgan fingerprint density at radius 2 is 1.64 bits per heavy atom. The average Bonchev–Trinajstić information content (AvgIpc) is 3.21. The number of rotatable bonds is 3. The molecule has 3 heteroatoms. The van der Waals surface area contributed by atoms with Crippen LogP contribution < -0.4 is 0 Å². The third-order valence-electron chi connectivity index (χ3n) is 4.31. The highest BCUT2D eigenvalue weighted by Crippen LogP contribution is 2.53. The van der Waals surface area contributed by atoms with Crippen LogP contribution in [0.4, 0.5) is 0 Å². The fourth-order valence-corrected chi connectivity index (χ4v) is 3.70. The zero-order valence-electron chi connectivity index (χ0n) is 12.5. The summed E-state index contributed by atoms with van der Waals surface area (Å²) in [5, 5.41) is 0. The second kappa shape index (κ2) is 5.62. The van der Waals surface area contributed by atoms with Crippen LogP contribution in [-0.2, 0) is 15.3 Å². The van der Waals surface area contributed by atoms with E-state index in [-0.39, 0.29) is 17.1 Å². The summed E-state index contributed by atoms with van der Waals surface area (Å²) in [6, 6.07) is 18.8.